The van der Waals surface area contributed by atoms with E-state index in [1.54, 1.807) is 12.1 Å². The Morgan fingerprint density at radius 2 is 1.18 bits per heavy atom. The number of rotatable bonds is 13. The summed E-state index contributed by atoms with van der Waals surface area (Å²) in [6, 6.07) is 41.4. The van der Waals surface area contributed by atoms with E-state index in [1.165, 1.54) is 33.2 Å². The van der Waals surface area contributed by atoms with Crippen LogP contribution in [-0.2, 0) is 44.7 Å². The molecule has 288 valence electrons. The van der Waals surface area contributed by atoms with Gasteiger partial charge in [-0.25, -0.2) is 9.59 Å². The predicted octanol–water partition coefficient (Wildman–Crippen LogP) is 4.56. The number of nitrogens with zero attached hydrogens (tertiary/aromatic N) is 1. The van der Waals surface area contributed by atoms with Crippen molar-refractivity contribution in [3.63, 3.8) is 0 Å². The Bertz CT molecular complexity index is 2070. The van der Waals surface area contributed by atoms with Crippen molar-refractivity contribution in [1.82, 2.24) is 10.2 Å². The number of benzene rings is 5. The topological polar surface area (TPSA) is 130 Å². The van der Waals surface area contributed by atoms with Gasteiger partial charge in [-0.05, 0) is 40.5 Å². The molecule has 3 aliphatic heterocycles. The highest BCUT2D eigenvalue weighted by molar-refractivity contribution is 7.96. The highest BCUT2D eigenvalue weighted by Crippen LogP contribution is 2.49. The molecule has 3 heterocycles. The van der Waals surface area contributed by atoms with Crippen LogP contribution in [-0.4, -0.2) is 79.7 Å². The molecule has 0 radical (unpaired) electrons. The fourth-order valence-corrected chi connectivity index (χ4v) is 11.6. The molecule has 3 aliphatic rings. The Morgan fingerprint density at radius 3 is 1.55 bits per heavy atom. The number of carbonyl (C=O) groups is 4. The third kappa shape index (κ3) is 8.02. The van der Waals surface area contributed by atoms with Crippen LogP contribution in [0.3, 0.4) is 0 Å². The quantitative estimate of drug-likeness (QED) is 0.0777. The molecule has 0 spiro atoms. The molecule has 2 bridgehead atoms. The summed E-state index contributed by atoms with van der Waals surface area (Å²) in [4.78, 5) is 57.2. The predicted molar refractivity (Wildman–Crippen MR) is 215 cm³/mol. The number of β-lactam (4-membered cyclic amide) rings is 1. The maximum absolute atomic E-state index is 14.8. The second-order valence-corrected chi connectivity index (χ2v) is 16.3. The van der Waals surface area contributed by atoms with Gasteiger partial charge in [0, 0.05) is 27.2 Å². The van der Waals surface area contributed by atoms with Crippen LogP contribution in [0.25, 0.3) is 0 Å². The molecular weight excluding hydrogens is 731 g/mol. The zero-order chi connectivity index (χ0) is 39.7. The summed E-state index contributed by atoms with van der Waals surface area (Å²) in [7, 11) is 4.03. The number of likely N-dealkylation sites (tertiary alicyclic amines) is 1. The molecule has 3 unspecified atom stereocenters. The van der Waals surface area contributed by atoms with E-state index in [1.807, 2.05) is 133 Å². The zero-order valence-corrected chi connectivity index (χ0v) is 32.3. The normalized spacial score (nSPS) is 15.8. The first kappa shape index (κ1) is 39.7. The van der Waals surface area contributed by atoms with E-state index in [2.05, 4.69) is 5.32 Å². The minimum Gasteiger partial charge on any atom is -0.466 e. The second kappa shape index (κ2) is 18.1. The van der Waals surface area contributed by atoms with Crippen molar-refractivity contribution in [2.75, 3.05) is 21.3 Å². The van der Waals surface area contributed by atoms with Crippen molar-refractivity contribution < 1.29 is 42.9 Å². The third-order valence-corrected chi connectivity index (χ3v) is 13.9. The molecule has 5 aromatic rings. The molecule has 1 N–H and O–H groups in total. The Morgan fingerprint density at radius 1 is 0.714 bits per heavy atom. The Kier molecular flexibility index (Phi) is 12.8. The number of fused-ring (bicyclic) bond motifs is 2. The number of hydrogen-bond acceptors (Lipinski definition) is 9. The van der Waals surface area contributed by atoms with Crippen molar-refractivity contribution in [2.45, 2.75) is 37.9 Å². The number of carbonyl (C=O) groups excluding carboxylic acids is 4. The largest absolute Gasteiger partial charge is 0.466 e. The average molecular weight is 775 g/mol. The summed E-state index contributed by atoms with van der Waals surface area (Å²) in [5.41, 5.74) is 0.707. The van der Waals surface area contributed by atoms with Crippen LogP contribution in [0.2, 0.25) is 0 Å². The zero-order valence-electron chi connectivity index (χ0n) is 31.4. The summed E-state index contributed by atoms with van der Waals surface area (Å²) < 4.78 is 27.8. The van der Waals surface area contributed by atoms with Gasteiger partial charge in [-0.15, -0.1) is 0 Å². The molecule has 56 heavy (non-hydrogen) atoms. The van der Waals surface area contributed by atoms with Gasteiger partial charge in [-0.2, -0.15) is 0 Å². The monoisotopic (exact) mass is 774 g/mol. The molecule has 2 amide bonds. The SMILES string of the molecule is COC(=O)C(C(C(=O)OCc1ccccc1)N1C(=O)C(NC(C)=O)C1C(OC)OC)=P(c1ccccc1)(c1ccccc1)c1ccccc1.c1cc2cc(c1)O2. The number of nitrogens with one attached hydrogen (secondary N) is 1. The van der Waals surface area contributed by atoms with Crippen molar-refractivity contribution in [1.29, 1.82) is 0 Å². The van der Waals surface area contributed by atoms with Gasteiger partial charge in [0.05, 0.1) is 12.4 Å². The summed E-state index contributed by atoms with van der Waals surface area (Å²) in [6.07, 6.45) is -1.09. The number of amides is 2. The molecule has 12 heteroatoms. The Labute approximate surface area is 326 Å². The maximum Gasteiger partial charge on any atom is 0.337 e. The summed E-state index contributed by atoms with van der Waals surface area (Å²) in [6.45, 7) is -2.18. The summed E-state index contributed by atoms with van der Waals surface area (Å²) >= 11 is 0. The van der Waals surface area contributed by atoms with Gasteiger partial charge in [-0.1, -0.05) is 127 Å². The van der Waals surface area contributed by atoms with Crippen molar-refractivity contribution >= 4 is 51.8 Å². The van der Waals surface area contributed by atoms with E-state index in [9.17, 15) is 19.2 Å². The highest BCUT2D eigenvalue weighted by Gasteiger charge is 2.59. The average Bonchev–Trinajstić information content (AvgIpc) is 3.24. The van der Waals surface area contributed by atoms with E-state index in [4.69, 9.17) is 23.7 Å². The smallest absolute Gasteiger partial charge is 0.337 e. The lowest BCUT2D eigenvalue weighted by molar-refractivity contribution is -0.201. The highest BCUT2D eigenvalue weighted by atomic mass is 31.2. The van der Waals surface area contributed by atoms with Gasteiger partial charge in [0.15, 0.2) is 12.3 Å². The lowest BCUT2D eigenvalue weighted by atomic mass is 9.90. The minimum absolute atomic E-state index is 0.0160. The first-order chi connectivity index (χ1) is 27.2. The van der Waals surface area contributed by atoms with Gasteiger partial charge < -0.3 is 33.9 Å². The Balaban J connectivity index is 0.000000674. The van der Waals surface area contributed by atoms with Gasteiger partial charge in [0.25, 0.3) is 0 Å². The van der Waals surface area contributed by atoms with E-state index < -0.39 is 55.1 Å². The van der Waals surface area contributed by atoms with Crippen LogP contribution in [0.15, 0.2) is 146 Å². The summed E-state index contributed by atoms with van der Waals surface area (Å²) in [5.74, 6) is -0.770. The van der Waals surface area contributed by atoms with Crippen LogP contribution in [0.4, 0.5) is 0 Å². The van der Waals surface area contributed by atoms with Gasteiger partial charge >= 0.3 is 11.9 Å². The van der Waals surface area contributed by atoms with E-state index in [0.29, 0.717) is 5.56 Å². The molecule has 1 fully saturated rings. The van der Waals surface area contributed by atoms with E-state index in [0.717, 1.165) is 27.4 Å². The molecule has 3 atom stereocenters. The maximum atomic E-state index is 14.8. The molecule has 0 saturated carbocycles. The summed E-state index contributed by atoms with van der Waals surface area (Å²) in [5, 5.41) is 4.91. The van der Waals surface area contributed by atoms with Crippen LogP contribution >= 0.6 is 6.89 Å². The Hall–Kier alpha value is -6.00. The minimum atomic E-state index is -3.34. The number of ether oxygens (including phenoxy) is 5. The van der Waals surface area contributed by atoms with Crippen molar-refractivity contribution in [3.05, 3.63) is 151 Å². The van der Waals surface area contributed by atoms with Crippen molar-refractivity contribution in [2.24, 2.45) is 0 Å². The lowest BCUT2D eigenvalue weighted by Gasteiger charge is -2.52. The second-order valence-electron chi connectivity index (χ2n) is 12.9. The van der Waals surface area contributed by atoms with Gasteiger partial charge in [0.2, 0.25) is 11.8 Å². The van der Waals surface area contributed by atoms with Gasteiger partial charge in [-0.3, -0.25) is 9.59 Å². The lowest BCUT2D eigenvalue weighted by Crippen LogP contribution is -2.78. The third-order valence-electron chi connectivity index (χ3n) is 9.50. The number of esters is 2. The number of methoxy groups -OCH3 is 3. The standard InChI is InChI=1S/C38H39N2O8P.C6H4O/c1-26(41)39-31-32(38(46-3)47-4)40(35(31)42)33(36(43)48-25-27-17-9-5-10-18-27)34(37(44)45-2)49(28-19-11-6-12-20-28,29-21-13-7-14-22-29)30-23-15-8-16-24-30;1-2-5-4-6(3-1)7-5/h5-24,31-33,38H,25H2,1-4H3,(H,39,41);1-4H. The van der Waals surface area contributed by atoms with Crippen LogP contribution in [0, 0.1) is 0 Å². The van der Waals surface area contributed by atoms with Crippen LogP contribution in [0.1, 0.15) is 12.5 Å². The molecule has 8 rings (SSSR count). The molecule has 1 saturated heterocycles. The molecule has 11 nitrogen and oxygen atoms in total. The molecule has 0 aliphatic carbocycles. The fourth-order valence-electron chi connectivity index (χ4n) is 7.06. The van der Waals surface area contributed by atoms with Crippen molar-refractivity contribution in [3.8, 4) is 11.5 Å². The molecule has 5 aromatic carbocycles. The first-order valence-corrected chi connectivity index (χ1v) is 19.7. The van der Waals surface area contributed by atoms with Crippen LogP contribution < -0.4 is 26.0 Å². The van der Waals surface area contributed by atoms with E-state index in [-0.39, 0.29) is 11.9 Å². The fraction of sp³-hybridized carbons (Fsp3) is 0.205. The molecular formula is C44H43N2O9P. The first-order valence-electron chi connectivity index (χ1n) is 17.9. The van der Waals surface area contributed by atoms with Crippen LogP contribution in [0.5, 0.6) is 11.5 Å². The number of hydrogen-bond donors (Lipinski definition) is 1. The molecule has 0 aromatic heterocycles. The van der Waals surface area contributed by atoms with E-state index >= 15 is 0 Å². The van der Waals surface area contributed by atoms with Gasteiger partial charge in [0.1, 0.15) is 30.2 Å².